The van der Waals surface area contributed by atoms with Crippen LogP contribution in [-0.4, -0.2) is 25.0 Å². The molecule has 0 aliphatic rings. The fourth-order valence-electron chi connectivity index (χ4n) is 1.03. The van der Waals surface area contributed by atoms with Crippen LogP contribution in [0.5, 0.6) is 0 Å². The van der Waals surface area contributed by atoms with Gasteiger partial charge in [0.05, 0.1) is 6.61 Å². The number of nitrogens with one attached hydrogen (secondary N) is 1. The van der Waals surface area contributed by atoms with E-state index in [2.05, 4.69) is 5.32 Å². The van der Waals surface area contributed by atoms with Crippen LogP contribution in [-0.2, 0) is 14.3 Å². The number of rotatable bonds is 6. The van der Waals surface area contributed by atoms with Gasteiger partial charge in [0.2, 0.25) is 6.41 Å². The van der Waals surface area contributed by atoms with Crippen molar-refractivity contribution in [1.82, 2.24) is 5.32 Å². The van der Waals surface area contributed by atoms with Crippen LogP contribution in [0, 0.1) is 5.92 Å². The molecule has 13 heavy (non-hydrogen) atoms. The Morgan fingerprint density at radius 1 is 1.54 bits per heavy atom. The molecule has 4 nitrogen and oxygen atoms in total. The normalized spacial score (nSPS) is 12.3. The van der Waals surface area contributed by atoms with Crippen LogP contribution in [0.2, 0.25) is 0 Å². The van der Waals surface area contributed by atoms with Crippen molar-refractivity contribution in [3.63, 3.8) is 0 Å². The summed E-state index contributed by atoms with van der Waals surface area (Å²) in [5.74, 6) is -0.00911. The van der Waals surface area contributed by atoms with E-state index in [0.29, 0.717) is 25.4 Å². The lowest BCUT2D eigenvalue weighted by Gasteiger charge is -2.16. The molecule has 0 saturated carbocycles. The maximum absolute atomic E-state index is 11.2. The standard InChI is InChI=1S/C9H17NO3/c1-4-13-9(12)8(10-6-11)5-7(2)3/h6-8H,4-5H2,1-3H3,(H,10,11). The van der Waals surface area contributed by atoms with Crippen molar-refractivity contribution in [3.05, 3.63) is 0 Å². The molecule has 0 radical (unpaired) electrons. The minimum absolute atomic E-state index is 0.341. The second-order valence-corrected chi connectivity index (χ2v) is 3.22. The maximum Gasteiger partial charge on any atom is 0.328 e. The van der Waals surface area contributed by atoms with Gasteiger partial charge >= 0.3 is 5.97 Å². The summed E-state index contributed by atoms with van der Waals surface area (Å²) in [7, 11) is 0. The highest BCUT2D eigenvalue weighted by atomic mass is 16.5. The van der Waals surface area contributed by atoms with Gasteiger partial charge in [-0.15, -0.1) is 0 Å². The molecule has 0 aromatic rings. The lowest BCUT2D eigenvalue weighted by atomic mass is 10.0. The zero-order chi connectivity index (χ0) is 10.3. The van der Waals surface area contributed by atoms with E-state index in [1.807, 2.05) is 13.8 Å². The summed E-state index contributed by atoms with van der Waals surface area (Å²) in [5.41, 5.74) is 0. The molecule has 0 aliphatic carbocycles. The molecule has 0 rings (SSSR count). The van der Waals surface area contributed by atoms with Gasteiger partial charge in [-0.1, -0.05) is 13.8 Å². The summed E-state index contributed by atoms with van der Waals surface area (Å²) in [6.45, 7) is 6.05. The van der Waals surface area contributed by atoms with Crippen LogP contribution >= 0.6 is 0 Å². The molecule has 0 aromatic heterocycles. The monoisotopic (exact) mass is 187 g/mol. The lowest BCUT2D eigenvalue weighted by molar-refractivity contribution is -0.146. The summed E-state index contributed by atoms with van der Waals surface area (Å²) < 4.78 is 4.80. The van der Waals surface area contributed by atoms with Crippen molar-refractivity contribution in [2.75, 3.05) is 6.61 Å². The number of carbonyl (C=O) groups excluding carboxylic acids is 2. The fourth-order valence-corrected chi connectivity index (χ4v) is 1.03. The first kappa shape index (κ1) is 11.9. The Morgan fingerprint density at radius 3 is 2.54 bits per heavy atom. The molecule has 0 aliphatic heterocycles. The second kappa shape index (κ2) is 6.46. The van der Waals surface area contributed by atoms with E-state index in [1.165, 1.54) is 0 Å². The fraction of sp³-hybridized carbons (Fsp3) is 0.778. The van der Waals surface area contributed by atoms with E-state index in [4.69, 9.17) is 4.74 Å². The van der Waals surface area contributed by atoms with E-state index in [0.717, 1.165) is 0 Å². The van der Waals surface area contributed by atoms with E-state index < -0.39 is 6.04 Å². The molecule has 0 fully saturated rings. The summed E-state index contributed by atoms with van der Waals surface area (Å²) >= 11 is 0. The van der Waals surface area contributed by atoms with Gasteiger partial charge in [-0.2, -0.15) is 0 Å². The predicted octanol–water partition coefficient (Wildman–Crippen LogP) is 0.710. The van der Waals surface area contributed by atoms with Gasteiger partial charge in [0.1, 0.15) is 6.04 Å². The van der Waals surface area contributed by atoms with Gasteiger partial charge in [-0.05, 0) is 19.3 Å². The van der Waals surface area contributed by atoms with Gasteiger partial charge in [0.25, 0.3) is 0 Å². The van der Waals surface area contributed by atoms with Gasteiger partial charge in [-0.25, -0.2) is 4.79 Å². The van der Waals surface area contributed by atoms with Crippen molar-refractivity contribution >= 4 is 12.4 Å². The third-order valence-electron chi connectivity index (χ3n) is 1.55. The zero-order valence-corrected chi connectivity index (χ0v) is 8.37. The number of esters is 1. The van der Waals surface area contributed by atoms with Gasteiger partial charge in [0.15, 0.2) is 0 Å². The minimum atomic E-state index is -0.502. The molecule has 1 N–H and O–H groups in total. The Hall–Kier alpha value is -1.06. The molecule has 0 bridgehead atoms. The van der Waals surface area contributed by atoms with Crippen LogP contribution in [0.3, 0.4) is 0 Å². The second-order valence-electron chi connectivity index (χ2n) is 3.22. The Kier molecular flexibility index (Phi) is 5.93. The summed E-state index contributed by atoms with van der Waals surface area (Å²) in [6.07, 6.45) is 1.14. The highest BCUT2D eigenvalue weighted by Gasteiger charge is 2.19. The zero-order valence-electron chi connectivity index (χ0n) is 8.37. The van der Waals surface area contributed by atoms with E-state index >= 15 is 0 Å². The topological polar surface area (TPSA) is 55.4 Å². The van der Waals surface area contributed by atoms with Crippen LogP contribution < -0.4 is 5.32 Å². The molecule has 0 heterocycles. The van der Waals surface area contributed by atoms with Crippen LogP contribution in [0.1, 0.15) is 27.2 Å². The third-order valence-corrected chi connectivity index (χ3v) is 1.55. The lowest BCUT2D eigenvalue weighted by Crippen LogP contribution is -2.38. The SMILES string of the molecule is CCOC(=O)C(CC(C)C)NC=O. The molecule has 1 unspecified atom stereocenters. The average Bonchev–Trinajstić information content (AvgIpc) is 2.03. The van der Waals surface area contributed by atoms with Crippen molar-refractivity contribution in [2.45, 2.75) is 33.2 Å². The number of ether oxygens (including phenoxy) is 1. The van der Waals surface area contributed by atoms with Crippen LogP contribution in [0.15, 0.2) is 0 Å². The Labute approximate surface area is 78.6 Å². The first-order chi connectivity index (χ1) is 6.11. The predicted molar refractivity (Wildman–Crippen MR) is 49.1 cm³/mol. The first-order valence-corrected chi connectivity index (χ1v) is 4.48. The highest BCUT2D eigenvalue weighted by molar-refractivity contribution is 5.78. The van der Waals surface area contributed by atoms with E-state index in [-0.39, 0.29) is 5.97 Å². The molecule has 1 atom stereocenters. The van der Waals surface area contributed by atoms with Crippen LogP contribution in [0.4, 0.5) is 0 Å². The van der Waals surface area contributed by atoms with Crippen molar-refractivity contribution in [1.29, 1.82) is 0 Å². The molecule has 1 amide bonds. The summed E-state index contributed by atoms with van der Waals surface area (Å²) in [5, 5.41) is 2.44. The van der Waals surface area contributed by atoms with E-state index in [9.17, 15) is 9.59 Å². The number of hydrogen-bond donors (Lipinski definition) is 1. The molecule has 4 heteroatoms. The Balaban J connectivity index is 4.05. The average molecular weight is 187 g/mol. The highest BCUT2D eigenvalue weighted by Crippen LogP contribution is 2.05. The van der Waals surface area contributed by atoms with Crippen LogP contribution in [0.25, 0.3) is 0 Å². The molecule has 0 saturated heterocycles. The van der Waals surface area contributed by atoms with Gasteiger partial charge in [-0.3, -0.25) is 4.79 Å². The molecule has 76 valence electrons. The number of amides is 1. The summed E-state index contributed by atoms with van der Waals surface area (Å²) in [4.78, 5) is 21.4. The largest absolute Gasteiger partial charge is 0.464 e. The minimum Gasteiger partial charge on any atom is -0.464 e. The van der Waals surface area contributed by atoms with Crippen molar-refractivity contribution in [3.8, 4) is 0 Å². The third kappa shape index (κ3) is 5.22. The molecular formula is C9H17NO3. The van der Waals surface area contributed by atoms with Gasteiger partial charge in [0, 0.05) is 0 Å². The van der Waals surface area contributed by atoms with Gasteiger partial charge < -0.3 is 10.1 Å². The molecule has 0 aromatic carbocycles. The molecule has 0 spiro atoms. The van der Waals surface area contributed by atoms with E-state index in [1.54, 1.807) is 6.92 Å². The summed E-state index contributed by atoms with van der Waals surface area (Å²) in [6, 6.07) is -0.502. The quantitative estimate of drug-likeness (QED) is 0.492. The first-order valence-electron chi connectivity index (χ1n) is 4.48. The Morgan fingerprint density at radius 2 is 2.15 bits per heavy atom. The smallest absolute Gasteiger partial charge is 0.328 e. The van der Waals surface area contributed by atoms with Crippen molar-refractivity contribution < 1.29 is 14.3 Å². The maximum atomic E-state index is 11.2. The Bertz CT molecular complexity index is 168. The van der Waals surface area contributed by atoms with Crippen molar-refractivity contribution in [2.24, 2.45) is 5.92 Å². The number of carbonyl (C=O) groups is 2. The molecular weight excluding hydrogens is 170 g/mol. The number of hydrogen-bond acceptors (Lipinski definition) is 3.